The Hall–Kier alpha value is -1.95. The number of alkyl carbamates (subject to hydrolysis) is 1. The Balaban J connectivity index is 1.30. The Morgan fingerprint density at radius 1 is 1.20 bits per heavy atom. The molecule has 6 nitrogen and oxygen atoms in total. The first kappa shape index (κ1) is 16.5. The third kappa shape index (κ3) is 3.40. The molecule has 1 N–H and O–H groups in total. The normalized spacial score (nSPS) is 24.2. The van der Waals surface area contributed by atoms with Gasteiger partial charge in [-0.25, -0.2) is 4.79 Å². The molecule has 0 saturated carbocycles. The van der Waals surface area contributed by atoms with Crippen molar-refractivity contribution in [2.45, 2.75) is 37.3 Å². The van der Waals surface area contributed by atoms with Gasteiger partial charge < -0.3 is 19.7 Å². The van der Waals surface area contributed by atoms with Crippen LogP contribution in [-0.4, -0.2) is 62.5 Å². The Bertz CT molecular complexity index is 620. The molecule has 25 heavy (non-hydrogen) atoms. The van der Waals surface area contributed by atoms with Gasteiger partial charge in [0.2, 0.25) is 0 Å². The minimum atomic E-state index is -0.250. The lowest BCUT2D eigenvalue weighted by atomic mass is 9.89. The molecular weight excluding hydrogens is 318 g/mol. The Morgan fingerprint density at radius 3 is 2.60 bits per heavy atom. The maximum Gasteiger partial charge on any atom is 0.407 e. The quantitative estimate of drug-likeness (QED) is 0.910. The Labute approximate surface area is 149 Å². The van der Waals surface area contributed by atoms with Gasteiger partial charge in [0.1, 0.15) is 11.4 Å². The van der Waals surface area contributed by atoms with Gasteiger partial charge in [-0.15, -0.1) is 0 Å². The van der Waals surface area contributed by atoms with Crippen molar-refractivity contribution in [3.8, 4) is 5.75 Å². The molecule has 1 aromatic carbocycles. The fraction of sp³-hybridized carbons (Fsp3) is 0.632. The largest absolute Gasteiger partial charge is 0.497 e. The molecule has 1 amide bonds. The van der Waals surface area contributed by atoms with Gasteiger partial charge in [-0.1, -0.05) is 6.07 Å². The number of carbonyl (C=O) groups excluding carboxylic acids is 1. The van der Waals surface area contributed by atoms with Crippen LogP contribution in [-0.2, 0) is 4.74 Å². The van der Waals surface area contributed by atoms with Gasteiger partial charge in [0.15, 0.2) is 0 Å². The number of piperidine rings is 2. The third-order valence-corrected chi connectivity index (χ3v) is 5.97. The summed E-state index contributed by atoms with van der Waals surface area (Å²) in [4.78, 5) is 16.4. The lowest BCUT2D eigenvalue weighted by molar-refractivity contribution is -0.0125. The van der Waals surface area contributed by atoms with Crippen LogP contribution in [0.4, 0.5) is 10.5 Å². The van der Waals surface area contributed by atoms with Crippen LogP contribution in [0.25, 0.3) is 0 Å². The number of methoxy groups -OCH3 is 1. The first-order valence-corrected chi connectivity index (χ1v) is 9.27. The zero-order valence-electron chi connectivity index (χ0n) is 14.9. The fourth-order valence-electron chi connectivity index (χ4n) is 4.37. The maximum atomic E-state index is 11.4. The van der Waals surface area contributed by atoms with Gasteiger partial charge >= 0.3 is 6.09 Å². The molecule has 0 bridgehead atoms. The van der Waals surface area contributed by atoms with Crippen molar-refractivity contribution < 1.29 is 14.3 Å². The molecule has 3 aliphatic rings. The number of amides is 1. The number of hydrogen-bond donors (Lipinski definition) is 1. The predicted octanol–water partition coefficient (Wildman–Crippen LogP) is 2.24. The molecule has 3 saturated heterocycles. The molecule has 3 fully saturated rings. The average Bonchev–Trinajstić information content (AvgIpc) is 3.03. The van der Waals surface area contributed by atoms with Crippen LogP contribution in [0.2, 0.25) is 0 Å². The second-order valence-electron chi connectivity index (χ2n) is 7.38. The molecule has 136 valence electrons. The summed E-state index contributed by atoms with van der Waals surface area (Å²) in [6.45, 7) is 4.89. The highest BCUT2D eigenvalue weighted by Crippen LogP contribution is 2.32. The maximum absolute atomic E-state index is 11.4. The van der Waals surface area contributed by atoms with E-state index in [1.165, 1.54) is 18.5 Å². The average molecular weight is 345 g/mol. The molecule has 0 aromatic heterocycles. The molecule has 0 unspecified atom stereocenters. The number of anilines is 1. The fourth-order valence-corrected chi connectivity index (χ4v) is 4.37. The number of nitrogens with zero attached hydrogens (tertiary/aromatic N) is 2. The van der Waals surface area contributed by atoms with E-state index < -0.39 is 0 Å². The second kappa shape index (κ2) is 6.75. The van der Waals surface area contributed by atoms with E-state index in [0.29, 0.717) is 12.6 Å². The van der Waals surface area contributed by atoms with Gasteiger partial charge in [0, 0.05) is 56.8 Å². The molecule has 3 aliphatic heterocycles. The minimum Gasteiger partial charge on any atom is -0.497 e. The van der Waals surface area contributed by atoms with E-state index >= 15 is 0 Å². The summed E-state index contributed by atoms with van der Waals surface area (Å²) in [6.07, 6.45) is 4.01. The van der Waals surface area contributed by atoms with E-state index in [0.717, 1.165) is 44.8 Å². The number of carbonyl (C=O) groups is 1. The van der Waals surface area contributed by atoms with Crippen molar-refractivity contribution in [2.24, 2.45) is 0 Å². The van der Waals surface area contributed by atoms with Crippen molar-refractivity contribution >= 4 is 11.8 Å². The Morgan fingerprint density at radius 2 is 1.96 bits per heavy atom. The number of benzene rings is 1. The van der Waals surface area contributed by atoms with Crippen LogP contribution < -0.4 is 15.0 Å². The molecule has 3 heterocycles. The van der Waals surface area contributed by atoms with Crippen LogP contribution in [0.3, 0.4) is 0 Å². The van der Waals surface area contributed by atoms with E-state index in [4.69, 9.17) is 9.47 Å². The predicted molar refractivity (Wildman–Crippen MR) is 96.3 cm³/mol. The number of ether oxygens (including phenoxy) is 2. The SMILES string of the molecule is COc1cccc(N2CCC(N3CCC4(CC3)CNC(=O)O4)CC2)c1. The summed E-state index contributed by atoms with van der Waals surface area (Å²) < 4.78 is 10.9. The topological polar surface area (TPSA) is 54.0 Å². The Kier molecular flexibility index (Phi) is 4.46. The number of rotatable bonds is 3. The van der Waals surface area contributed by atoms with Crippen molar-refractivity contribution in [3.63, 3.8) is 0 Å². The highest BCUT2D eigenvalue weighted by Gasteiger charge is 2.43. The van der Waals surface area contributed by atoms with Crippen LogP contribution in [0, 0.1) is 0 Å². The molecular formula is C19H27N3O3. The summed E-state index contributed by atoms with van der Waals surface area (Å²) in [5.74, 6) is 0.917. The van der Waals surface area contributed by atoms with E-state index in [2.05, 4.69) is 33.3 Å². The molecule has 1 aromatic rings. The van der Waals surface area contributed by atoms with E-state index in [9.17, 15) is 4.79 Å². The van der Waals surface area contributed by atoms with E-state index in [1.54, 1.807) is 7.11 Å². The zero-order chi connectivity index (χ0) is 17.3. The van der Waals surface area contributed by atoms with Crippen molar-refractivity contribution in [1.82, 2.24) is 10.2 Å². The molecule has 0 atom stereocenters. The smallest absolute Gasteiger partial charge is 0.407 e. The number of likely N-dealkylation sites (tertiary alicyclic amines) is 1. The van der Waals surface area contributed by atoms with Gasteiger partial charge in [0.05, 0.1) is 13.7 Å². The van der Waals surface area contributed by atoms with Gasteiger partial charge in [-0.2, -0.15) is 0 Å². The summed E-state index contributed by atoms with van der Waals surface area (Å²) in [5, 5.41) is 2.81. The number of nitrogens with one attached hydrogen (secondary N) is 1. The van der Waals surface area contributed by atoms with Crippen LogP contribution >= 0.6 is 0 Å². The standard InChI is InChI=1S/C19H27N3O3/c1-24-17-4-2-3-16(13-17)21-9-5-15(6-10-21)22-11-7-19(8-12-22)14-20-18(23)25-19/h2-4,13,15H,5-12,14H2,1H3,(H,20,23). The van der Waals surface area contributed by atoms with Crippen molar-refractivity contribution in [1.29, 1.82) is 0 Å². The second-order valence-corrected chi connectivity index (χ2v) is 7.38. The highest BCUT2D eigenvalue weighted by atomic mass is 16.6. The first-order chi connectivity index (χ1) is 12.2. The number of hydrogen-bond acceptors (Lipinski definition) is 5. The van der Waals surface area contributed by atoms with Crippen molar-refractivity contribution in [2.75, 3.05) is 44.7 Å². The monoisotopic (exact) mass is 345 g/mol. The minimum absolute atomic E-state index is 0.241. The molecule has 4 rings (SSSR count). The highest BCUT2D eigenvalue weighted by molar-refractivity contribution is 5.70. The summed E-state index contributed by atoms with van der Waals surface area (Å²) in [6, 6.07) is 8.97. The first-order valence-electron chi connectivity index (χ1n) is 9.27. The van der Waals surface area contributed by atoms with Gasteiger partial charge in [-0.05, 0) is 25.0 Å². The lowest BCUT2D eigenvalue weighted by Gasteiger charge is -2.44. The van der Waals surface area contributed by atoms with Crippen LogP contribution in [0.5, 0.6) is 5.75 Å². The van der Waals surface area contributed by atoms with Gasteiger partial charge in [-0.3, -0.25) is 4.90 Å². The third-order valence-electron chi connectivity index (χ3n) is 5.97. The summed E-state index contributed by atoms with van der Waals surface area (Å²) in [7, 11) is 1.71. The van der Waals surface area contributed by atoms with Crippen LogP contribution in [0.1, 0.15) is 25.7 Å². The van der Waals surface area contributed by atoms with Crippen molar-refractivity contribution in [3.05, 3.63) is 24.3 Å². The molecule has 0 aliphatic carbocycles. The summed E-state index contributed by atoms with van der Waals surface area (Å²) >= 11 is 0. The summed E-state index contributed by atoms with van der Waals surface area (Å²) in [5.41, 5.74) is 1.01. The molecule has 0 radical (unpaired) electrons. The lowest BCUT2D eigenvalue weighted by Crippen LogP contribution is -2.52. The van der Waals surface area contributed by atoms with E-state index in [-0.39, 0.29) is 11.7 Å². The van der Waals surface area contributed by atoms with Crippen LogP contribution in [0.15, 0.2) is 24.3 Å². The van der Waals surface area contributed by atoms with E-state index in [1.807, 2.05) is 6.07 Å². The zero-order valence-corrected chi connectivity index (χ0v) is 14.9. The molecule has 6 heteroatoms. The van der Waals surface area contributed by atoms with Gasteiger partial charge in [0.25, 0.3) is 0 Å². The molecule has 1 spiro atoms.